The third kappa shape index (κ3) is 1.40. The lowest BCUT2D eigenvalue weighted by Crippen LogP contribution is -2.22. The Hall–Kier alpha value is -0.410. The van der Waals surface area contributed by atoms with Crippen molar-refractivity contribution in [1.29, 1.82) is 0 Å². The van der Waals surface area contributed by atoms with Gasteiger partial charge in [-0.25, -0.2) is 4.39 Å². The summed E-state index contributed by atoms with van der Waals surface area (Å²) in [6.07, 6.45) is 0.875. The van der Waals surface area contributed by atoms with Crippen LogP contribution in [-0.2, 0) is 5.54 Å². The summed E-state index contributed by atoms with van der Waals surface area (Å²) in [5.74, 6) is 0.186. The molecule has 2 atom stereocenters. The number of halogens is 2. The van der Waals surface area contributed by atoms with Gasteiger partial charge < -0.3 is 5.73 Å². The second kappa shape index (κ2) is 2.79. The Bertz CT molecular complexity index is 353. The van der Waals surface area contributed by atoms with Crippen LogP contribution in [0.5, 0.6) is 0 Å². The van der Waals surface area contributed by atoms with Crippen LogP contribution < -0.4 is 5.73 Å². The van der Waals surface area contributed by atoms with Crippen molar-refractivity contribution >= 4 is 15.9 Å². The molecule has 0 heterocycles. The van der Waals surface area contributed by atoms with Gasteiger partial charge in [-0.15, -0.1) is 0 Å². The molecule has 2 rings (SSSR count). The number of hydrogen-bond donors (Lipinski definition) is 1. The molecule has 1 nitrogen and oxygen atoms in total. The molecular formula is C10H11BrFN. The quantitative estimate of drug-likeness (QED) is 0.807. The Morgan fingerprint density at radius 2 is 2.23 bits per heavy atom. The van der Waals surface area contributed by atoms with Crippen molar-refractivity contribution in [2.24, 2.45) is 11.7 Å². The molecule has 3 heteroatoms. The van der Waals surface area contributed by atoms with Crippen molar-refractivity contribution in [2.45, 2.75) is 18.9 Å². The largest absolute Gasteiger partial charge is 0.321 e. The summed E-state index contributed by atoms with van der Waals surface area (Å²) in [4.78, 5) is 0. The van der Waals surface area contributed by atoms with Crippen LogP contribution in [0.15, 0.2) is 22.7 Å². The van der Waals surface area contributed by atoms with E-state index in [4.69, 9.17) is 5.73 Å². The first-order valence-corrected chi connectivity index (χ1v) is 5.08. The molecule has 0 saturated heterocycles. The lowest BCUT2D eigenvalue weighted by atomic mass is 10.0. The molecule has 2 unspecified atom stereocenters. The van der Waals surface area contributed by atoms with Crippen molar-refractivity contribution in [1.82, 2.24) is 0 Å². The third-order valence-corrected chi connectivity index (χ3v) is 3.29. The summed E-state index contributed by atoms with van der Waals surface area (Å²) in [6, 6.07) is 4.92. The molecule has 0 spiro atoms. The van der Waals surface area contributed by atoms with Gasteiger partial charge >= 0.3 is 0 Å². The lowest BCUT2D eigenvalue weighted by Gasteiger charge is -2.12. The molecule has 1 fully saturated rings. The smallest absolute Gasteiger partial charge is 0.128 e. The summed E-state index contributed by atoms with van der Waals surface area (Å²) in [5, 5.41) is 0. The molecule has 13 heavy (non-hydrogen) atoms. The zero-order valence-corrected chi connectivity index (χ0v) is 8.94. The zero-order chi connectivity index (χ0) is 9.64. The number of nitrogens with two attached hydrogens (primary N) is 1. The molecule has 2 N–H and O–H groups in total. The molecule has 0 amide bonds. The lowest BCUT2D eigenvalue weighted by molar-refractivity contribution is 0.560. The van der Waals surface area contributed by atoms with E-state index in [-0.39, 0.29) is 5.82 Å². The van der Waals surface area contributed by atoms with Gasteiger partial charge in [-0.05, 0) is 30.5 Å². The average Bonchev–Trinajstić information content (AvgIpc) is 2.66. The van der Waals surface area contributed by atoms with Gasteiger partial charge in [0.05, 0.1) is 0 Å². The van der Waals surface area contributed by atoms with Gasteiger partial charge in [0.15, 0.2) is 0 Å². The average molecular weight is 244 g/mol. The minimum atomic E-state index is -0.423. The molecule has 0 bridgehead atoms. The molecule has 0 radical (unpaired) electrons. The maximum atomic E-state index is 13.4. The van der Waals surface area contributed by atoms with Gasteiger partial charge in [0, 0.05) is 15.6 Å². The normalized spacial score (nSPS) is 31.8. The van der Waals surface area contributed by atoms with Crippen molar-refractivity contribution in [3.8, 4) is 0 Å². The molecule has 1 aromatic rings. The highest BCUT2D eigenvalue weighted by atomic mass is 79.9. The first-order chi connectivity index (χ1) is 6.04. The minimum Gasteiger partial charge on any atom is -0.321 e. The second-order valence-corrected chi connectivity index (χ2v) is 4.69. The van der Waals surface area contributed by atoms with Crippen LogP contribution in [0.2, 0.25) is 0 Å². The fourth-order valence-corrected chi connectivity index (χ4v) is 2.04. The van der Waals surface area contributed by atoms with Crippen LogP contribution in [0.25, 0.3) is 0 Å². The van der Waals surface area contributed by atoms with E-state index in [2.05, 4.69) is 15.9 Å². The fraction of sp³-hybridized carbons (Fsp3) is 0.400. The van der Waals surface area contributed by atoms with Crippen LogP contribution in [0.1, 0.15) is 18.9 Å². The highest BCUT2D eigenvalue weighted by molar-refractivity contribution is 9.10. The van der Waals surface area contributed by atoms with E-state index in [1.807, 2.05) is 6.92 Å². The molecule has 1 aliphatic carbocycles. The van der Waals surface area contributed by atoms with Crippen LogP contribution in [0.3, 0.4) is 0 Å². The van der Waals surface area contributed by atoms with Crippen molar-refractivity contribution in [3.63, 3.8) is 0 Å². The second-order valence-electron chi connectivity index (χ2n) is 3.77. The van der Waals surface area contributed by atoms with Gasteiger partial charge in [-0.1, -0.05) is 22.9 Å². The zero-order valence-electron chi connectivity index (χ0n) is 7.35. The summed E-state index contributed by atoms with van der Waals surface area (Å²) in [7, 11) is 0. The van der Waals surface area contributed by atoms with E-state index in [9.17, 15) is 4.39 Å². The van der Waals surface area contributed by atoms with E-state index in [1.165, 1.54) is 6.07 Å². The Morgan fingerprint density at radius 1 is 1.62 bits per heavy atom. The predicted octanol–water partition coefficient (Wildman–Crippen LogP) is 2.78. The summed E-state index contributed by atoms with van der Waals surface area (Å²) < 4.78 is 14.3. The Morgan fingerprint density at radius 3 is 2.77 bits per heavy atom. The summed E-state index contributed by atoms with van der Waals surface area (Å²) in [6.45, 7) is 2.04. The molecule has 1 aromatic carbocycles. The summed E-state index contributed by atoms with van der Waals surface area (Å²) >= 11 is 3.31. The highest BCUT2D eigenvalue weighted by Crippen LogP contribution is 2.50. The molecule has 1 aliphatic rings. The van der Waals surface area contributed by atoms with E-state index in [0.717, 1.165) is 10.9 Å². The van der Waals surface area contributed by atoms with Crippen molar-refractivity contribution in [3.05, 3.63) is 34.1 Å². The van der Waals surface area contributed by atoms with Crippen LogP contribution in [0, 0.1) is 11.7 Å². The van der Waals surface area contributed by atoms with E-state index in [0.29, 0.717) is 11.5 Å². The monoisotopic (exact) mass is 243 g/mol. The van der Waals surface area contributed by atoms with E-state index >= 15 is 0 Å². The van der Waals surface area contributed by atoms with E-state index in [1.54, 1.807) is 12.1 Å². The Balaban J connectivity index is 2.46. The van der Waals surface area contributed by atoms with Crippen LogP contribution >= 0.6 is 15.9 Å². The van der Waals surface area contributed by atoms with Crippen molar-refractivity contribution < 1.29 is 4.39 Å². The highest BCUT2D eigenvalue weighted by Gasteiger charge is 2.50. The minimum absolute atomic E-state index is 0.199. The first kappa shape index (κ1) is 9.16. The predicted molar refractivity (Wildman–Crippen MR) is 53.7 cm³/mol. The Labute approximate surface area is 85.3 Å². The number of benzene rings is 1. The molecule has 1 saturated carbocycles. The molecule has 0 aromatic heterocycles. The topological polar surface area (TPSA) is 26.0 Å². The standard InChI is InChI=1S/C10H11BrFN/c1-6-5-10(6,13)8-4-7(11)2-3-9(8)12/h2-4,6H,5,13H2,1H3. The SMILES string of the molecule is CC1CC1(N)c1cc(Br)ccc1F. The van der Waals surface area contributed by atoms with Gasteiger partial charge in [-0.3, -0.25) is 0 Å². The van der Waals surface area contributed by atoms with Gasteiger partial charge in [0.2, 0.25) is 0 Å². The molecular weight excluding hydrogens is 233 g/mol. The van der Waals surface area contributed by atoms with Gasteiger partial charge in [-0.2, -0.15) is 0 Å². The van der Waals surface area contributed by atoms with Gasteiger partial charge in [0.1, 0.15) is 5.82 Å². The third-order valence-electron chi connectivity index (χ3n) is 2.79. The maximum Gasteiger partial charge on any atom is 0.128 e. The number of hydrogen-bond acceptors (Lipinski definition) is 1. The van der Waals surface area contributed by atoms with Gasteiger partial charge in [0.25, 0.3) is 0 Å². The van der Waals surface area contributed by atoms with Crippen LogP contribution in [0.4, 0.5) is 4.39 Å². The molecule has 0 aliphatic heterocycles. The van der Waals surface area contributed by atoms with Crippen LogP contribution in [-0.4, -0.2) is 0 Å². The molecule has 70 valence electrons. The fourth-order valence-electron chi connectivity index (χ4n) is 1.68. The van der Waals surface area contributed by atoms with Crippen molar-refractivity contribution in [2.75, 3.05) is 0 Å². The number of rotatable bonds is 1. The van der Waals surface area contributed by atoms with E-state index < -0.39 is 5.54 Å². The maximum absolute atomic E-state index is 13.4. The Kier molecular flexibility index (Phi) is 1.96. The first-order valence-electron chi connectivity index (χ1n) is 4.28. The summed E-state index contributed by atoms with van der Waals surface area (Å²) in [5.41, 5.74) is 6.23.